The van der Waals surface area contributed by atoms with Crippen molar-refractivity contribution < 1.29 is 112 Å². The van der Waals surface area contributed by atoms with Gasteiger partial charge in [0.1, 0.15) is 42.4 Å². The summed E-state index contributed by atoms with van der Waals surface area (Å²) in [5.74, 6) is -5.73. The zero-order valence-corrected chi connectivity index (χ0v) is 51.8. The zero-order chi connectivity index (χ0) is 66.2. The molecule has 9 N–H and O–H groups in total. The van der Waals surface area contributed by atoms with E-state index < -0.39 is 126 Å². The molecule has 0 spiro atoms. The highest BCUT2D eigenvalue weighted by Gasteiger charge is 2.49. The lowest BCUT2D eigenvalue weighted by molar-refractivity contribution is -0.271. The first-order valence-electron chi connectivity index (χ1n) is 30.4. The van der Waals surface area contributed by atoms with Crippen molar-refractivity contribution in [2.75, 3.05) is 44.6 Å². The molecule has 15 atom stereocenters. The summed E-state index contributed by atoms with van der Waals surface area (Å²) in [6.45, 7) is 11.3. The number of hydrogen-bond acceptors (Lipinski definition) is 22. The predicted octanol–water partition coefficient (Wildman–Crippen LogP) is 2.44. The van der Waals surface area contributed by atoms with E-state index in [0.717, 1.165) is 4.90 Å². The summed E-state index contributed by atoms with van der Waals surface area (Å²) in [5, 5.41) is 78.7. The maximum Gasteiger partial charge on any atom is 0.410 e. The topological polar surface area (TPSA) is 397 Å². The number of carbonyl (C=O) groups is 9. The number of ether oxygens (including phenoxy) is 7. The van der Waals surface area contributed by atoms with E-state index in [2.05, 4.69) is 10.6 Å². The van der Waals surface area contributed by atoms with Crippen LogP contribution in [0.5, 0.6) is 5.75 Å². The van der Waals surface area contributed by atoms with Gasteiger partial charge >= 0.3 is 30.1 Å². The van der Waals surface area contributed by atoms with E-state index in [1.54, 1.807) is 52.0 Å². The van der Waals surface area contributed by atoms with Crippen LogP contribution in [0.2, 0.25) is 0 Å². The Kier molecular flexibility index (Phi) is 26.0. The van der Waals surface area contributed by atoms with Gasteiger partial charge < -0.3 is 89.3 Å². The van der Waals surface area contributed by atoms with Gasteiger partial charge in [-0.2, -0.15) is 0 Å². The smallest absolute Gasteiger partial charge is 0.410 e. The highest BCUT2D eigenvalue weighted by atomic mass is 16.7. The number of rotatable bonds is 25. The first kappa shape index (κ1) is 71.8. The van der Waals surface area contributed by atoms with Gasteiger partial charge in [-0.15, -0.1) is 0 Å². The molecule has 0 aliphatic carbocycles. The number of nitrogens with one attached hydrogen (secondary N) is 2. The van der Waals surface area contributed by atoms with Crippen molar-refractivity contribution in [3.8, 4) is 5.75 Å². The summed E-state index contributed by atoms with van der Waals surface area (Å²) in [6, 6.07) is 4.06. The molecule has 6 rings (SSSR count). The van der Waals surface area contributed by atoms with Crippen molar-refractivity contribution in [1.82, 2.24) is 20.0 Å². The van der Waals surface area contributed by atoms with Crippen LogP contribution in [0.4, 0.5) is 15.3 Å². The number of aliphatic hydroxyl groups excluding tert-OH is 5. The molecule has 0 radical (unpaired) electrons. The number of carboxylic acid groups (broad SMARTS) is 1. The van der Waals surface area contributed by atoms with Crippen LogP contribution < -0.4 is 15.4 Å². The van der Waals surface area contributed by atoms with E-state index in [-0.39, 0.29) is 119 Å². The average molecular weight is 1270 g/mol. The standard InChI is InChI=1S/C62H87N5O23/c1-8-42(70)37(4)55-44(85-55)33-61(6,83)23-12-13-35(2)54-36(3)15-18-45(62(7,90-38(5)68)24-21-40(69)32-50(75)88-54)87-60(82)66-29-27-65(28-30-66)59(81)84-34-39-16-17-43(86-58-53(78)51(76)52(77)56(89-58)57(79)80)41(31-39)64-47(72)22-25-63-46(71)14-10-9-11-26-67-48(73)19-20-49(67)74/h12-13,15-20,23,31,36-37,40,42,44-45,51-56,58,69-70,76-78,83H,8-11,14,21-22,24-30,32-34H2,1-7H3,(H,63,71)(H,64,72)(H,79,80)/b18-15+,23-12+,35-13+/t36-,37+,40+,42-,44+,45-,51-,52-,53+,54+,55+,56-,58+,61?,62+/m0/s1. The van der Waals surface area contributed by atoms with Crippen molar-refractivity contribution in [1.29, 1.82) is 0 Å². The first-order chi connectivity index (χ1) is 42.5. The highest BCUT2D eigenvalue weighted by Crippen LogP contribution is 2.38. The summed E-state index contributed by atoms with van der Waals surface area (Å²) in [6.07, 6.45) is -3.56. The minimum Gasteiger partial charge on any atom is -0.479 e. The Balaban J connectivity index is 1.07. The molecule has 3 saturated heterocycles. The van der Waals surface area contributed by atoms with E-state index in [9.17, 15) is 78.9 Å². The first-order valence-corrected chi connectivity index (χ1v) is 30.4. The molecule has 0 saturated carbocycles. The molecule has 1 aromatic rings. The van der Waals surface area contributed by atoms with Gasteiger partial charge in [-0.05, 0) is 82.2 Å². The molecule has 0 bridgehead atoms. The van der Waals surface area contributed by atoms with Crippen LogP contribution in [0.3, 0.4) is 0 Å². The van der Waals surface area contributed by atoms with Gasteiger partial charge in [0.15, 0.2) is 12.2 Å². The Labute approximate surface area is 521 Å². The fraction of sp³-hybridized carbons (Fsp3) is 0.629. The summed E-state index contributed by atoms with van der Waals surface area (Å²) in [4.78, 5) is 118. The zero-order valence-electron chi connectivity index (χ0n) is 51.8. The molecular formula is C62H87N5O23. The Hall–Kier alpha value is -7.31. The van der Waals surface area contributed by atoms with Crippen LogP contribution in [-0.4, -0.2) is 222 Å². The molecule has 0 aromatic heterocycles. The summed E-state index contributed by atoms with van der Waals surface area (Å²) in [7, 11) is 0. The van der Waals surface area contributed by atoms with E-state index in [4.69, 9.17) is 33.2 Å². The van der Waals surface area contributed by atoms with Gasteiger partial charge in [0.25, 0.3) is 11.8 Å². The van der Waals surface area contributed by atoms with Crippen LogP contribution in [-0.2, 0) is 68.6 Å². The average Bonchev–Trinajstić information content (AvgIpc) is 1.36. The summed E-state index contributed by atoms with van der Waals surface area (Å²) >= 11 is 0. The number of esters is 2. The lowest BCUT2D eigenvalue weighted by atomic mass is 9.88. The second-order valence-corrected chi connectivity index (χ2v) is 23.9. The number of allylic oxidation sites excluding steroid dienone is 2. The molecule has 6 amide bonds. The van der Waals surface area contributed by atoms with Gasteiger partial charge in [0.2, 0.25) is 18.1 Å². The highest BCUT2D eigenvalue weighted by molar-refractivity contribution is 6.12. The van der Waals surface area contributed by atoms with Crippen molar-refractivity contribution in [2.45, 2.75) is 198 Å². The number of imide groups is 1. The molecule has 1 unspecified atom stereocenters. The fourth-order valence-electron chi connectivity index (χ4n) is 10.9. The van der Waals surface area contributed by atoms with Gasteiger partial charge in [0.05, 0.1) is 42.1 Å². The number of anilines is 1. The molecule has 5 aliphatic heterocycles. The lowest BCUT2D eigenvalue weighted by Crippen LogP contribution is -2.61. The van der Waals surface area contributed by atoms with Crippen molar-refractivity contribution >= 4 is 59.4 Å². The second kappa shape index (κ2) is 32.6. The van der Waals surface area contributed by atoms with Crippen molar-refractivity contribution in [3.63, 3.8) is 0 Å². The number of carbonyl (C=O) groups excluding carboxylic acids is 8. The molecular weight excluding hydrogens is 1180 g/mol. The van der Waals surface area contributed by atoms with E-state index in [0.29, 0.717) is 31.3 Å². The van der Waals surface area contributed by atoms with Crippen LogP contribution in [0.1, 0.15) is 118 Å². The number of amides is 6. The maximum absolute atomic E-state index is 14.1. The number of epoxide rings is 1. The van der Waals surface area contributed by atoms with E-state index in [1.807, 2.05) is 13.8 Å². The lowest BCUT2D eigenvalue weighted by Gasteiger charge is -2.38. The van der Waals surface area contributed by atoms with Crippen molar-refractivity contribution in [3.05, 3.63) is 71.9 Å². The summed E-state index contributed by atoms with van der Waals surface area (Å²) in [5.41, 5.74) is -2.06. The fourth-order valence-corrected chi connectivity index (χ4v) is 10.9. The third-order valence-corrected chi connectivity index (χ3v) is 16.3. The van der Waals surface area contributed by atoms with Gasteiger partial charge in [-0.3, -0.25) is 33.7 Å². The monoisotopic (exact) mass is 1270 g/mol. The molecule has 3 fully saturated rings. The SMILES string of the molecule is CC[C@H](O)[C@@H](C)[C@H]1O[C@@H]1CC(C)(O)/C=C/C=C(\C)[C@H]1OC(=O)C[C@H](O)CC[C@@](C)(OC(C)=O)[C@@H](OC(=O)N2CCN(C(=O)OCc3ccc(O[C@@H]4O[C@H](C(=O)O)[C@@H](O)[C@H](O)[C@H]4O)c(NC(=O)CCNC(=O)CCCCCN4C(=O)C=CC4=O)c3)CC2)/C=C/[C@@H]1C. The number of piperazine rings is 1. The molecule has 498 valence electrons. The Morgan fingerprint density at radius 1 is 0.878 bits per heavy atom. The minimum atomic E-state index is -2.02. The van der Waals surface area contributed by atoms with Gasteiger partial charge in [-0.1, -0.05) is 57.6 Å². The Bertz CT molecular complexity index is 2830. The van der Waals surface area contributed by atoms with Crippen molar-refractivity contribution in [2.24, 2.45) is 11.8 Å². The number of unbranched alkanes of at least 4 members (excludes halogenated alkanes) is 2. The molecule has 5 heterocycles. The Morgan fingerprint density at radius 2 is 1.56 bits per heavy atom. The molecule has 1 aromatic carbocycles. The molecule has 90 heavy (non-hydrogen) atoms. The number of hydrogen-bond donors (Lipinski definition) is 9. The second-order valence-electron chi connectivity index (χ2n) is 23.9. The summed E-state index contributed by atoms with van der Waals surface area (Å²) < 4.78 is 40.3. The number of cyclic esters (lactones) is 1. The van der Waals surface area contributed by atoms with Crippen LogP contribution in [0.25, 0.3) is 0 Å². The number of benzene rings is 1. The maximum atomic E-state index is 14.1. The predicted molar refractivity (Wildman–Crippen MR) is 316 cm³/mol. The quantitative estimate of drug-likeness (QED) is 0.0129. The number of nitrogens with zero attached hydrogens (tertiary/aromatic N) is 3. The van der Waals surface area contributed by atoms with Crippen LogP contribution >= 0.6 is 0 Å². The van der Waals surface area contributed by atoms with E-state index in [1.165, 1.54) is 53.2 Å². The Morgan fingerprint density at radius 3 is 2.21 bits per heavy atom. The van der Waals surface area contributed by atoms with Gasteiger partial charge in [0, 0.05) is 89.4 Å². The molecule has 28 nitrogen and oxygen atoms in total. The van der Waals surface area contributed by atoms with Gasteiger partial charge in [-0.25, -0.2) is 14.4 Å². The van der Waals surface area contributed by atoms with Crippen LogP contribution in [0.15, 0.2) is 66.3 Å². The third kappa shape index (κ3) is 20.6. The molecule has 28 heteroatoms. The minimum absolute atomic E-state index is 0.0220. The third-order valence-electron chi connectivity index (χ3n) is 16.3. The van der Waals surface area contributed by atoms with E-state index >= 15 is 0 Å². The number of carboxylic acids is 1. The number of aliphatic carboxylic acids is 1. The number of aliphatic hydroxyl groups is 6. The van der Waals surface area contributed by atoms with Crippen LogP contribution in [0, 0.1) is 11.8 Å². The normalized spacial score (nSPS) is 29.2. The molecule has 5 aliphatic rings. The largest absolute Gasteiger partial charge is 0.479 e.